The molecule has 0 radical (unpaired) electrons. The van der Waals surface area contributed by atoms with Gasteiger partial charge < -0.3 is 15.0 Å². The summed E-state index contributed by atoms with van der Waals surface area (Å²) < 4.78 is 1.85. The first kappa shape index (κ1) is 14.1. The maximum atomic E-state index is 12.0. The largest absolute Gasteiger partial charge is 0.396 e. The number of halogens is 1. The molecule has 1 aromatic heterocycles. The number of nitrogens with zero attached hydrogens (tertiary/aromatic N) is 1. The van der Waals surface area contributed by atoms with Crippen LogP contribution in [0.15, 0.2) is 12.3 Å². The van der Waals surface area contributed by atoms with Crippen LogP contribution in [0.1, 0.15) is 37.2 Å². The van der Waals surface area contributed by atoms with Gasteiger partial charge in [-0.25, -0.2) is 0 Å². The Hall–Kier alpha value is -1.00. The molecule has 1 aromatic rings. The van der Waals surface area contributed by atoms with Crippen LogP contribution in [0.3, 0.4) is 0 Å². The molecule has 17 heavy (non-hydrogen) atoms. The van der Waals surface area contributed by atoms with Crippen molar-refractivity contribution in [2.75, 3.05) is 6.61 Å². The molecule has 4 nitrogen and oxygen atoms in total. The molecule has 0 aliphatic heterocycles. The van der Waals surface area contributed by atoms with Crippen molar-refractivity contribution in [2.24, 2.45) is 0 Å². The summed E-state index contributed by atoms with van der Waals surface area (Å²) in [5.74, 6) is -0.147. The van der Waals surface area contributed by atoms with Gasteiger partial charge in [0.15, 0.2) is 0 Å². The Morgan fingerprint density at radius 1 is 1.65 bits per heavy atom. The molecule has 1 atom stereocenters. The summed E-state index contributed by atoms with van der Waals surface area (Å²) in [5.41, 5.74) is 0.571. The van der Waals surface area contributed by atoms with Crippen LogP contribution in [-0.2, 0) is 6.54 Å². The highest BCUT2D eigenvalue weighted by atomic mass is 35.5. The number of hydrogen-bond acceptors (Lipinski definition) is 2. The first-order valence-corrected chi connectivity index (χ1v) is 6.23. The molecule has 96 valence electrons. The van der Waals surface area contributed by atoms with E-state index in [1.54, 1.807) is 12.3 Å². The number of rotatable bonds is 6. The monoisotopic (exact) mass is 258 g/mol. The third kappa shape index (κ3) is 4.06. The highest BCUT2D eigenvalue weighted by Crippen LogP contribution is 2.15. The summed E-state index contributed by atoms with van der Waals surface area (Å²) in [4.78, 5) is 12.0. The van der Waals surface area contributed by atoms with E-state index in [-0.39, 0.29) is 18.6 Å². The summed E-state index contributed by atoms with van der Waals surface area (Å²) in [6.07, 6.45) is 3.25. The zero-order valence-corrected chi connectivity index (χ0v) is 11.0. The second kappa shape index (κ2) is 6.67. The van der Waals surface area contributed by atoms with Crippen molar-refractivity contribution >= 4 is 17.5 Å². The van der Waals surface area contributed by atoms with Gasteiger partial charge in [-0.3, -0.25) is 4.79 Å². The predicted molar refractivity (Wildman–Crippen MR) is 68.4 cm³/mol. The van der Waals surface area contributed by atoms with Gasteiger partial charge in [-0.15, -0.1) is 0 Å². The fourth-order valence-electron chi connectivity index (χ4n) is 1.65. The molecule has 0 spiro atoms. The predicted octanol–water partition coefficient (Wildman–Crippen LogP) is 2.05. The van der Waals surface area contributed by atoms with Crippen LogP contribution >= 0.6 is 11.6 Å². The standard InChI is InChI=1S/C12H19ClN2O2/c1-3-5-15-8-10(13)7-11(15)12(17)14-9(2)4-6-16/h7-9,16H,3-6H2,1-2H3,(H,14,17). The topological polar surface area (TPSA) is 54.3 Å². The van der Waals surface area contributed by atoms with Gasteiger partial charge in [0.05, 0.1) is 5.02 Å². The van der Waals surface area contributed by atoms with Crippen molar-refractivity contribution in [1.29, 1.82) is 0 Å². The molecular formula is C12H19ClN2O2. The smallest absolute Gasteiger partial charge is 0.268 e. The van der Waals surface area contributed by atoms with E-state index in [2.05, 4.69) is 5.32 Å². The Labute approximate surface area is 107 Å². The Kier molecular flexibility index (Phi) is 5.51. The lowest BCUT2D eigenvalue weighted by molar-refractivity contribution is 0.0925. The maximum Gasteiger partial charge on any atom is 0.268 e. The number of aryl methyl sites for hydroxylation is 1. The van der Waals surface area contributed by atoms with Crippen molar-refractivity contribution in [3.8, 4) is 0 Å². The lowest BCUT2D eigenvalue weighted by atomic mass is 10.2. The summed E-state index contributed by atoms with van der Waals surface area (Å²) >= 11 is 5.90. The molecular weight excluding hydrogens is 240 g/mol. The highest BCUT2D eigenvalue weighted by molar-refractivity contribution is 6.31. The molecule has 1 heterocycles. The van der Waals surface area contributed by atoms with Crippen LogP contribution in [-0.4, -0.2) is 28.2 Å². The lowest BCUT2D eigenvalue weighted by Crippen LogP contribution is -2.34. The quantitative estimate of drug-likeness (QED) is 0.821. The average Bonchev–Trinajstić information content (AvgIpc) is 2.60. The van der Waals surface area contributed by atoms with E-state index in [9.17, 15) is 4.79 Å². The minimum absolute atomic E-state index is 0.0451. The van der Waals surface area contributed by atoms with Crippen LogP contribution in [0.4, 0.5) is 0 Å². The molecule has 0 aliphatic rings. The van der Waals surface area contributed by atoms with E-state index in [1.807, 2.05) is 18.4 Å². The summed E-state index contributed by atoms with van der Waals surface area (Å²) in [7, 11) is 0. The van der Waals surface area contributed by atoms with E-state index in [4.69, 9.17) is 16.7 Å². The van der Waals surface area contributed by atoms with Gasteiger partial charge in [0.1, 0.15) is 5.69 Å². The molecule has 0 saturated carbocycles. The third-order valence-corrected chi connectivity index (χ3v) is 2.71. The van der Waals surface area contributed by atoms with Crippen molar-refractivity contribution in [1.82, 2.24) is 9.88 Å². The van der Waals surface area contributed by atoms with Crippen LogP contribution in [0.5, 0.6) is 0 Å². The van der Waals surface area contributed by atoms with Crippen LogP contribution < -0.4 is 5.32 Å². The number of hydrogen-bond donors (Lipinski definition) is 2. The van der Waals surface area contributed by atoms with Crippen LogP contribution in [0.2, 0.25) is 5.02 Å². The number of aliphatic hydroxyl groups excluding tert-OH is 1. The molecule has 0 fully saturated rings. The summed E-state index contributed by atoms with van der Waals surface area (Å²) in [6, 6.07) is 1.62. The molecule has 0 aliphatic carbocycles. The molecule has 5 heteroatoms. The molecule has 1 unspecified atom stereocenters. The van der Waals surface area contributed by atoms with E-state index < -0.39 is 0 Å². The highest BCUT2D eigenvalue weighted by Gasteiger charge is 2.14. The summed E-state index contributed by atoms with van der Waals surface area (Å²) in [5, 5.41) is 12.2. The van der Waals surface area contributed by atoms with Gasteiger partial charge in [-0.2, -0.15) is 0 Å². The Bertz CT molecular complexity index is 377. The van der Waals surface area contributed by atoms with E-state index in [1.165, 1.54) is 0 Å². The van der Waals surface area contributed by atoms with Crippen LogP contribution in [0, 0.1) is 0 Å². The van der Waals surface area contributed by atoms with Crippen molar-refractivity contribution in [3.05, 3.63) is 23.0 Å². The minimum atomic E-state index is -0.147. The van der Waals surface area contributed by atoms with Gasteiger partial charge >= 0.3 is 0 Å². The number of carbonyl (C=O) groups is 1. The Morgan fingerprint density at radius 2 is 2.35 bits per heavy atom. The van der Waals surface area contributed by atoms with Gasteiger partial charge in [-0.1, -0.05) is 18.5 Å². The van der Waals surface area contributed by atoms with Crippen molar-refractivity contribution < 1.29 is 9.90 Å². The van der Waals surface area contributed by atoms with Gasteiger partial charge in [0.2, 0.25) is 0 Å². The number of carbonyl (C=O) groups excluding carboxylic acids is 1. The molecule has 0 bridgehead atoms. The van der Waals surface area contributed by atoms with Gasteiger partial charge in [0.25, 0.3) is 5.91 Å². The lowest BCUT2D eigenvalue weighted by Gasteiger charge is -2.13. The number of amides is 1. The van der Waals surface area contributed by atoms with Gasteiger partial charge in [-0.05, 0) is 25.8 Å². The van der Waals surface area contributed by atoms with E-state index >= 15 is 0 Å². The van der Waals surface area contributed by atoms with E-state index in [0.717, 1.165) is 13.0 Å². The second-order valence-corrected chi connectivity index (χ2v) is 4.56. The van der Waals surface area contributed by atoms with Crippen LogP contribution in [0.25, 0.3) is 0 Å². The molecule has 2 N–H and O–H groups in total. The van der Waals surface area contributed by atoms with E-state index in [0.29, 0.717) is 17.1 Å². The number of nitrogens with one attached hydrogen (secondary N) is 1. The molecule has 0 saturated heterocycles. The minimum Gasteiger partial charge on any atom is -0.396 e. The first-order valence-electron chi connectivity index (χ1n) is 5.85. The van der Waals surface area contributed by atoms with Crippen molar-refractivity contribution in [2.45, 2.75) is 39.3 Å². The Balaban J connectivity index is 2.73. The second-order valence-electron chi connectivity index (χ2n) is 4.12. The van der Waals surface area contributed by atoms with Crippen molar-refractivity contribution in [3.63, 3.8) is 0 Å². The third-order valence-electron chi connectivity index (χ3n) is 2.50. The van der Waals surface area contributed by atoms with Gasteiger partial charge in [0, 0.05) is 25.4 Å². The zero-order chi connectivity index (χ0) is 12.8. The number of aromatic nitrogens is 1. The maximum absolute atomic E-state index is 12.0. The fraction of sp³-hybridized carbons (Fsp3) is 0.583. The Morgan fingerprint density at radius 3 is 2.94 bits per heavy atom. The zero-order valence-electron chi connectivity index (χ0n) is 10.2. The molecule has 0 aromatic carbocycles. The average molecular weight is 259 g/mol. The first-order chi connectivity index (χ1) is 8.08. The normalized spacial score (nSPS) is 12.5. The SMILES string of the molecule is CCCn1cc(Cl)cc1C(=O)NC(C)CCO. The number of aliphatic hydroxyl groups is 1. The fourth-order valence-corrected chi connectivity index (χ4v) is 1.88. The molecule has 1 amide bonds. The summed E-state index contributed by atoms with van der Waals surface area (Å²) in [6.45, 7) is 4.74. The molecule has 1 rings (SSSR count).